The van der Waals surface area contributed by atoms with Crippen LogP contribution in [0.3, 0.4) is 0 Å². The summed E-state index contributed by atoms with van der Waals surface area (Å²) < 4.78 is 22.1. The van der Waals surface area contributed by atoms with E-state index in [1.165, 1.54) is 6.21 Å². The fourth-order valence-electron chi connectivity index (χ4n) is 2.96. The molecular weight excluding hydrogens is 462 g/mol. The third kappa shape index (κ3) is 10.8. The highest BCUT2D eigenvalue weighted by atomic mass is 16.6. The fourth-order valence-corrected chi connectivity index (χ4v) is 2.96. The van der Waals surface area contributed by atoms with Crippen molar-refractivity contribution in [2.45, 2.75) is 58.8 Å². The minimum absolute atomic E-state index is 0.0624. The summed E-state index contributed by atoms with van der Waals surface area (Å²) in [4.78, 5) is 25.0. The van der Waals surface area contributed by atoms with Gasteiger partial charge in [0.15, 0.2) is 11.5 Å². The van der Waals surface area contributed by atoms with Gasteiger partial charge < -0.3 is 24.3 Å². The molecule has 9 nitrogen and oxygen atoms in total. The molecule has 0 heterocycles. The quantitative estimate of drug-likeness (QED) is 0.240. The van der Waals surface area contributed by atoms with Crippen LogP contribution in [0.2, 0.25) is 0 Å². The second-order valence-electron chi connectivity index (χ2n) is 9.05. The van der Waals surface area contributed by atoms with Crippen molar-refractivity contribution in [1.82, 2.24) is 10.7 Å². The summed E-state index contributed by atoms with van der Waals surface area (Å²) in [6, 6.07) is 13.9. The number of carbonyl (C=O) groups excluding carboxylic acids is 2. The second-order valence-corrected chi connectivity index (χ2v) is 9.05. The van der Waals surface area contributed by atoms with Crippen LogP contribution in [0.4, 0.5) is 4.79 Å². The summed E-state index contributed by atoms with van der Waals surface area (Å²) in [7, 11) is 1.56. The average Bonchev–Trinajstić information content (AvgIpc) is 2.83. The molecule has 2 aromatic rings. The molecule has 0 unspecified atom stereocenters. The number of alkyl carbamates (subject to hydrolysis) is 1. The number of amides is 2. The number of rotatable bonds is 13. The highest BCUT2D eigenvalue weighted by Crippen LogP contribution is 2.27. The van der Waals surface area contributed by atoms with E-state index in [-0.39, 0.29) is 13.2 Å². The molecule has 196 valence electrons. The van der Waals surface area contributed by atoms with Gasteiger partial charge in [0.25, 0.3) is 5.91 Å². The molecular formula is C27H37N3O6. The number of nitrogens with zero attached hydrogens (tertiary/aromatic N) is 1. The SMILES string of the molecule is CCCCOc1ccc(/C=N\NC(=O)[C@H](COCc2ccccc2)NC(=O)OC(C)(C)C)cc1OC. The van der Waals surface area contributed by atoms with Crippen molar-refractivity contribution >= 4 is 18.2 Å². The van der Waals surface area contributed by atoms with E-state index in [1.54, 1.807) is 46.1 Å². The van der Waals surface area contributed by atoms with Crippen molar-refractivity contribution in [3.8, 4) is 11.5 Å². The molecule has 0 aliphatic rings. The van der Waals surface area contributed by atoms with Crippen LogP contribution in [-0.2, 0) is 20.9 Å². The monoisotopic (exact) mass is 499 g/mol. The first kappa shape index (κ1) is 28.6. The Labute approximate surface area is 213 Å². The second kappa shape index (κ2) is 14.7. The molecule has 0 radical (unpaired) electrons. The normalized spacial score (nSPS) is 12.1. The first-order valence-corrected chi connectivity index (χ1v) is 12.0. The van der Waals surface area contributed by atoms with E-state index in [9.17, 15) is 9.59 Å². The van der Waals surface area contributed by atoms with Gasteiger partial charge >= 0.3 is 6.09 Å². The maximum Gasteiger partial charge on any atom is 0.408 e. The Bertz CT molecular complexity index is 989. The molecule has 0 aromatic heterocycles. The Morgan fingerprint density at radius 3 is 2.50 bits per heavy atom. The molecule has 1 atom stereocenters. The minimum atomic E-state index is -1.01. The number of hydrazone groups is 1. The predicted octanol–water partition coefficient (Wildman–Crippen LogP) is 4.43. The van der Waals surface area contributed by atoms with Gasteiger partial charge in [-0.3, -0.25) is 4.79 Å². The van der Waals surface area contributed by atoms with Crippen molar-refractivity contribution in [3.05, 3.63) is 59.7 Å². The van der Waals surface area contributed by atoms with Crippen LogP contribution < -0.4 is 20.2 Å². The molecule has 2 rings (SSSR count). The van der Waals surface area contributed by atoms with Crippen molar-refractivity contribution in [2.24, 2.45) is 5.10 Å². The smallest absolute Gasteiger partial charge is 0.408 e. The molecule has 0 aliphatic carbocycles. The number of unbranched alkanes of at least 4 members (excludes halogenated alkanes) is 1. The highest BCUT2D eigenvalue weighted by Gasteiger charge is 2.24. The Morgan fingerprint density at radius 1 is 1.08 bits per heavy atom. The van der Waals surface area contributed by atoms with E-state index in [4.69, 9.17) is 18.9 Å². The van der Waals surface area contributed by atoms with Crippen LogP contribution in [0, 0.1) is 0 Å². The Kier molecular flexibility index (Phi) is 11.7. The van der Waals surface area contributed by atoms with Crippen LogP contribution in [0.15, 0.2) is 53.6 Å². The molecule has 2 amide bonds. The van der Waals surface area contributed by atoms with E-state index in [2.05, 4.69) is 22.8 Å². The maximum absolute atomic E-state index is 12.8. The standard InChI is InChI=1S/C27H37N3O6/c1-6-7-15-35-23-14-13-21(16-24(23)33-5)17-28-30-25(31)22(29-26(32)36-27(2,3)4)19-34-18-20-11-9-8-10-12-20/h8-14,16-17,22H,6-7,15,18-19H2,1-5H3,(H,29,32)(H,30,31)/b28-17-/t22-/m0/s1. The molecule has 2 N–H and O–H groups in total. The molecule has 0 bridgehead atoms. The van der Waals surface area contributed by atoms with E-state index >= 15 is 0 Å². The highest BCUT2D eigenvalue weighted by molar-refractivity contribution is 5.87. The van der Waals surface area contributed by atoms with Crippen LogP contribution >= 0.6 is 0 Å². The van der Waals surface area contributed by atoms with Crippen LogP contribution in [0.25, 0.3) is 0 Å². The van der Waals surface area contributed by atoms with Gasteiger partial charge in [0.1, 0.15) is 11.6 Å². The van der Waals surface area contributed by atoms with E-state index in [0.29, 0.717) is 23.7 Å². The molecule has 0 fully saturated rings. The van der Waals surface area contributed by atoms with E-state index in [0.717, 1.165) is 18.4 Å². The lowest BCUT2D eigenvalue weighted by molar-refractivity contribution is -0.124. The summed E-state index contributed by atoms with van der Waals surface area (Å²) in [5.74, 6) is 0.668. The molecule has 2 aromatic carbocycles. The molecule has 0 saturated heterocycles. The lowest BCUT2D eigenvalue weighted by Crippen LogP contribution is -2.49. The van der Waals surface area contributed by atoms with Gasteiger partial charge in [-0.25, -0.2) is 10.2 Å². The predicted molar refractivity (Wildman–Crippen MR) is 138 cm³/mol. The Balaban J connectivity index is 2.00. The molecule has 0 saturated carbocycles. The lowest BCUT2D eigenvalue weighted by Gasteiger charge is -2.22. The van der Waals surface area contributed by atoms with Gasteiger partial charge in [0.2, 0.25) is 0 Å². The van der Waals surface area contributed by atoms with Crippen LogP contribution in [-0.4, -0.2) is 50.2 Å². The third-order valence-electron chi connectivity index (χ3n) is 4.74. The number of hydrogen-bond donors (Lipinski definition) is 2. The lowest BCUT2D eigenvalue weighted by atomic mass is 10.2. The zero-order valence-corrected chi connectivity index (χ0v) is 21.7. The molecule has 9 heteroatoms. The zero-order chi connectivity index (χ0) is 26.4. The maximum atomic E-state index is 12.8. The Hall–Kier alpha value is -3.59. The van der Waals surface area contributed by atoms with Gasteiger partial charge in [0, 0.05) is 0 Å². The molecule has 0 spiro atoms. The summed E-state index contributed by atoms with van der Waals surface area (Å²) in [6.07, 6.45) is 2.74. The summed E-state index contributed by atoms with van der Waals surface area (Å²) in [5.41, 5.74) is 3.39. The number of carbonyl (C=O) groups is 2. The first-order valence-electron chi connectivity index (χ1n) is 12.0. The van der Waals surface area contributed by atoms with Crippen molar-refractivity contribution in [3.63, 3.8) is 0 Å². The number of ether oxygens (including phenoxy) is 4. The average molecular weight is 500 g/mol. The van der Waals surface area contributed by atoms with E-state index in [1.807, 2.05) is 30.3 Å². The van der Waals surface area contributed by atoms with Gasteiger partial charge in [0.05, 0.1) is 33.1 Å². The summed E-state index contributed by atoms with van der Waals surface area (Å²) in [5, 5.41) is 6.57. The topological polar surface area (TPSA) is 107 Å². The zero-order valence-electron chi connectivity index (χ0n) is 21.7. The van der Waals surface area contributed by atoms with Gasteiger partial charge in [-0.2, -0.15) is 5.10 Å². The van der Waals surface area contributed by atoms with Crippen molar-refractivity contribution in [1.29, 1.82) is 0 Å². The Morgan fingerprint density at radius 2 is 1.83 bits per heavy atom. The first-order chi connectivity index (χ1) is 17.2. The van der Waals surface area contributed by atoms with Crippen LogP contribution in [0.5, 0.6) is 11.5 Å². The molecule has 36 heavy (non-hydrogen) atoms. The number of nitrogens with one attached hydrogen (secondary N) is 2. The minimum Gasteiger partial charge on any atom is -0.493 e. The summed E-state index contributed by atoms with van der Waals surface area (Å²) in [6.45, 7) is 8.15. The van der Waals surface area contributed by atoms with E-state index < -0.39 is 23.6 Å². The van der Waals surface area contributed by atoms with Gasteiger partial charge in [-0.15, -0.1) is 0 Å². The fraction of sp³-hybridized carbons (Fsp3) is 0.444. The largest absolute Gasteiger partial charge is 0.493 e. The van der Waals surface area contributed by atoms with Gasteiger partial charge in [-0.1, -0.05) is 43.7 Å². The number of hydrogen-bond acceptors (Lipinski definition) is 7. The number of methoxy groups -OCH3 is 1. The number of benzene rings is 2. The van der Waals surface area contributed by atoms with Crippen molar-refractivity contribution in [2.75, 3.05) is 20.3 Å². The van der Waals surface area contributed by atoms with Crippen LogP contribution in [0.1, 0.15) is 51.7 Å². The third-order valence-corrected chi connectivity index (χ3v) is 4.74. The summed E-state index contributed by atoms with van der Waals surface area (Å²) >= 11 is 0. The molecule has 0 aliphatic heterocycles. The van der Waals surface area contributed by atoms with Crippen molar-refractivity contribution < 1.29 is 28.5 Å². The van der Waals surface area contributed by atoms with Gasteiger partial charge in [-0.05, 0) is 56.5 Å².